The van der Waals surface area contributed by atoms with E-state index < -0.39 is 0 Å². The van der Waals surface area contributed by atoms with E-state index in [2.05, 4.69) is 10.6 Å². The third-order valence-electron chi connectivity index (χ3n) is 5.10. The Labute approximate surface area is 162 Å². The fraction of sp³-hybridized carbons (Fsp3) is 0.650. The first-order chi connectivity index (χ1) is 12.2. The highest BCUT2D eigenvalue weighted by molar-refractivity contribution is 5.92. The zero-order valence-electron chi connectivity index (χ0n) is 15.6. The number of halogens is 1. The van der Waals surface area contributed by atoms with E-state index in [9.17, 15) is 4.79 Å². The van der Waals surface area contributed by atoms with Gasteiger partial charge < -0.3 is 20.1 Å². The summed E-state index contributed by atoms with van der Waals surface area (Å²) in [4.78, 5) is 12.3. The second-order valence-corrected chi connectivity index (χ2v) is 7.23. The molecule has 1 aromatic carbocycles. The Morgan fingerprint density at radius 2 is 2.12 bits per heavy atom. The lowest BCUT2D eigenvalue weighted by Crippen LogP contribution is -2.28. The minimum atomic E-state index is 0. The molecule has 5 nitrogen and oxygen atoms in total. The lowest BCUT2D eigenvalue weighted by Gasteiger charge is -2.22. The van der Waals surface area contributed by atoms with Crippen molar-refractivity contribution in [2.75, 3.05) is 31.6 Å². The van der Waals surface area contributed by atoms with E-state index in [0.29, 0.717) is 18.9 Å². The molecule has 2 N–H and O–H groups in total. The van der Waals surface area contributed by atoms with Crippen LogP contribution in [0.4, 0.5) is 5.69 Å². The fourth-order valence-electron chi connectivity index (χ4n) is 3.53. The van der Waals surface area contributed by atoms with Crippen molar-refractivity contribution in [3.05, 3.63) is 23.8 Å². The average molecular weight is 383 g/mol. The minimum Gasteiger partial charge on any atom is -0.489 e. The highest BCUT2D eigenvalue weighted by atomic mass is 35.5. The van der Waals surface area contributed by atoms with Gasteiger partial charge in [0, 0.05) is 13.0 Å². The molecule has 0 spiro atoms. The maximum atomic E-state index is 12.3. The van der Waals surface area contributed by atoms with E-state index in [0.717, 1.165) is 56.0 Å². The van der Waals surface area contributed by atoms with Crippen LogP contribution < -0.4 is 15.4 Å². The molecule has 0 aromatic heterocycles. The van der Waals surface area contributed by atoms with E-state index >= 15 is 0 Å². The second kappa shape index (κ2) is 10.8. The lowest BCUT2D eigenvalue weighted by atomic mass is 9.93. The Balaban J connectivity index is 0.00000243. The maximum Gasteiger partial charge on any atom is 0.224 e. The Morgan fingerprint density at radius 1 is 1.31 bits per heavy atom. The Morgan fingerprint density at radius 3 is 2.85 bits per heavy atom. The van der Waals surface area contributed by atoms with Crippen LogP contribution >= 0.6 is 12.4 Å². The maximum absolute atomic E-state index is 12.3. The van der Waals surface area contributed by atoms with Crippen LogP contribution in [-0.4, -0.2) is 38.3 Å². The van der Waals surface area contributed by atoms with Gasteiger partial charge in [0.15, 0.2) is 0 Å². The molecule has 0 bridgehead atoms. The topological polar surface area (TPSA) is 59.6 Å². The molecule has 2 aliphatic rings. The van der Waals surface area contributed by atoms with Crippen LogP contribution in [0.1, 0.15) is 44.1 Å². The van der Waals surface area contributed by atoms with Crippen LogP contribution in [0, 0.1) is 12.8 Å². The molecule has 0 aliphatic carbocycles. The zero-order valence-corrected chi connectivity index (χ0v) is 16.4. The molecule has 1 amide bonds. The largest absolute Gasteiger partial charge is 0.489 e. The van der Waals surface area contributed by atoms with Crippen LogP contribution in [0.3, 0.4) is 0 Å². The number of anilines is 1. The van der Waals surface area contributed by atoms with Crippen molar-refractivity contribution < 1.29 is 14.3 Å². The van der Waals surface area contributed by atoms with Gasteiger partial charge in [-0.3, -0.25) is 4.79 Å². The number of ether oxygens (including phenoxy) is 2. The van der Waals surface area contributed by atoms with Crippen LogP contribution in [0.2, 0.25) is 0 Å². The summed E-state index contributed by atoms with van der Waals surface area (Å²) in [6.45, 7) is 5.54. The molecule has 2 fully saturated rings. The summed E-state index contributed by atoms with van der Waals surface area (Å²) in [5.41, 5.74) is 1.88. The van der Waals surface area contributed by atoms with E-state index in [-0.39, 0.29) is 24.4 Å². The molecule has 0 saturated carbocycles. The molecule has 26 heavy (non-hydrogen) atoms. The molecule has 2 aliphatic heterocycles. The van der Waals surface area contributed by atoms with E-state index in [1.807, 2.05) is 25.1 Å². The standard InChI is InChI=1S/C20H30N2O3.ClH/c1-15-4-6-18(19(13-15)25-14-17-3-2-12-24-17)22-20(23)7-5-16-8-10-21-11-9-16;/h4,6,13,16-17,21H,2-3,5,7-12,14H2,1H3,(H,22,23);1H. The number of hydrogen-bond donors (Lipinski definition) is 2. The zero-order chi connectivity index (χ0) is 17.5. The molecule has 1 aromatic rings. The van der Waals surface area contributed by atoms with Gasteiger partial charge in [-0.2, -0.15) is 0 Å². The van der Waals surface area contributed by atoms with E-state index in [1.165, 1.54) is 12.8 Å². The molecule has 3 rings (SSSR count). The molecule has 2 heterocycles. The first-order valence-electron chi connectivity index (χ1n) is 9.56. The van der Waals surface area contributed by atoms with Gasteiger partial charge in [-0.25, -0.2) is 0 Å². The van der Waals surface area contributed by atoms with Gasteiger partial charge >= 0.3 is 0 Å². The van der Waals surface area contributed by atoms with Crippen molar-refractivity contribution >= 4 is 24.0 Å². The highest BCUT2D eigenvalue weighted by Crippen LogP contribution is 2.27. The monoisotopic (exact) mass is 382 g/mol. The van der Waals surface area contributed by atoms with Crippen molar-refractivity contribution in [1.82, 2.24) is 5.32 Å². The predicted molar refractivity (Wildman–Crippen MR) is 106 cm³/mol. The Hall–Kier alpha value is -1.30. The van der Waals surface area contributed by atoms with Crippen LogP contribution in [0.5, 0.6) is 5.75 Å². The number of carbonyl (C=O) groups is 1. The van der Waals surface area contributed by atoms with Crippen molar-refractivity contribution in [2.24, 2.45) is 5.92 Å². The number of amides is 1. The number of carbonyl (C=O) groups excluding carboxylic acids is 1. The summed E-state index contributed by atoms with van der Waals surface area (Å²) in [7, 11) is 0. The summed E-state index contributed by atoms with van der Waals surface area (Å²) >= 11 is 0. The molecular weight excluding hydrogens is 352 g/mol. The van der Waals surface area contributed by atoms with Crippen molar-refractivity contribution in [2.45, 2.75) is 51.6 Å². The van der Waals surface area contributed by atoms with Gasteiger partial charge in [-0.05, 0) is 75.7 Å². The van der Waals surface area contributed by atoms with Crippen molar-refractivity contribution in [1.29, 1.82) is 0 Å². The quantitative estimate of drug-likeness (QED) is 0.755. The molecule has 2 saturated heterocycles. The number of benzene rings is 1. The first-order valence-corrected chi connectivity index (χ1v) is 9.56. The molecule has 0 radical (unpaired) electrons. The van der Waals surface area contributed by atoms with Crippen LogP contribution in [0.15, 0.2) is 18.2 Å². The molecular formula is C20H31ClN2O3. The summed E-state index contributed by atoms with van der Waals surface area (Å²) in [6, 6.07) is 5.92. The lowest BCUT2D eigenvalue weighted by molar-refractivity contribution is -0.116. The first kappa shape index (κ1) is 21.0. The molecule has 1 atom stereocenters. The second-order valence-electron chi connectivity index (χ2n) is 7.23. The normalized spacial score (nSPS) is 20.4. The minimum absolute atomic E-state index is 0. The number of rotatable bonds is 7. The molecule has 146 valence electrons. The van der Waals surface area contributed by atoms with Gasteiger partial charge in [0.25, 0.3) is 0 Å². The summed E-state index contributed by atoms with van der Waals surface area (Å²) in [5, 5.41) is 6.40. The molecule has 6 heteroatoms. The van der Waals surface area contributed by atoms with Crippen LogP contribution in [0.25, 0.3) is 0 Å². The predicted octanol–water partition coefficient (Wildman–Crippen LogP) is 3.69. The average Bonchev–Trinajstić information content (AvgIpc) is 3.14. The number of piperidine rings is 1. The SMILES string of the molecule is Cc1ccc(NC(=O)CCC2CCNCC2)c(OCC2CCCO2)c1.Cl. The Bertz CT molecular complexity index is 570. The number of nitrogens with one attached hydrogen (secondary N) is 2. The number of aryl methyl sites for hydroxylation is 1. The molecule has 1 unspecified atom stereocenters. The number of hydrogen-bond acceptors (Lipinski definition) is 4. The van der Waals surface area contributed by atoms with Gasteiger partial charge in [0.2, 0.25) is 5.91 Å². The van der Waals surface area contributed by atoms with Gasteiger partial charge in [0.05, 0.1) is 11.8 Å². The van der Waals surface area contributed by atoms with Crippen LogP contribution in [-0.2, 0) is 9.53 Å². The van der Waals surface area contributed by atoms with E-state index in [1.54, 1.807) is 0 Å². The Kier molecular flexibility index (Phi) is 8.69. The van der Waals surface area contributed by atoms with Crippen molar-refractivity contribution in [3.63, 3.8) is 0 Å². The summed E-state index contributed by atoms with van der Waals surface area (Å²) < 4.78 is 11.6. The third kappa shape index (κ3) is 6.45. The summed E-state index contributed by atoms with van der Waals surface area (Å²) in [5.74, 6) is 1.48. The third-order valence-corrected chi connectivity index (χ3v) is 5.10. The van der Waals surface area contributed by atoms with E-state index in [4.69, 9.17) is 9.47 Å². The summed E-state index contributed by atoms with van der Waals surface area (Å²) in [6.07, 6.45) is 6.20. The van der Waals surface area contributed by atoms with Gasteiger partial charge in [0.1, 0.15) is 12.4 Å². The fourth-order valence-corrected chi connectivity index (χ4v) is 3.53. The van der Waals surface area contributed by atoms with Gasteiger partial charge in [-0.1, -0.05) is 6.07 Å². The smallest absolute Gasteiger partial charge is 0.224 e. The van der Waals surface area contributed by atoms with Crippen molar-refractivity contribution in [3.8, 4) is 5.75 Å². The van der Waals surface area contributed by atoms with Gasteiger partial charge in [-0.15, -0.1) is 12.4 Å². The highest BCUT2D eigenvalue weighted by Gasteiger charge is 2.18.